The smallest absolute Gasteiger partial charge is 0.274 e. The predicted molar refractivity (Wildman–Crippen MR) is 106 cm³/mol. The van der Waals surface area contributed by atoms with Gasteiger partial charge in [-0.1, -0.05) is 25.2 Å². The number of aromatic nitrogens is 3. The Hall–Kier alpha value is -2.00. The summed E-state index contributed by atoms with van der Waals surface area (Å²) in [6.45, 7) is 10.3. The number of nitrogens with zero attached hydrogens (tertiary/aromatic N) is 6. The second-order valence-corrected chi connectivity index (χ2v) is 8.41. The highest BCUT2D eigenvalue weighted by Gasteiger charge is 2.26. The maximum Gasteiger partial charge on any atom is 0.274 e. The molecule has 0 bridgehead atoms. The summed E-state index contributed by atoms with van der Waals surface area (Å²) in [7, 11) is 0. The Labute approximate surface area is 162 Å². The lowest BCUT2D eigenvalue weighted by Crippen LogP contribution is -2.49. The van der Waals surface area contributed by atoms with Gasteiger partial charge >= 0.3 is 0 Å². The van der Waals surface area contributed by atoms with Crippen LogP contribution in [0.3, 0.4) is 0 Å². The van der Waals surface area contributed by atoms with Crippen molar-refractivity contribution in [2.75, 3.05) is 50.7 Å². The Kier molecular flexibility index (Phi) is 5.14. The zero-order chi connectivity index (χ0) is 19.0. The van der Waals surface area contributed by atoms with Crippen molar-refractivity contribution >= 4 is 27.3 Å². The largest absolute Gasteiger partial charge is 0.346 e. The number of fused-ring (bicyclic) bond motifs is 1. The Morgan fingerprint density at radius 3 is 2.74 bits per heavy atom. The van der Waals surface area contributed by atoms with Crippen LogP contribution in [0.2, 0.25) is 0 Å². The number of amides is 1. The van der Waals surface area contributed by atoms with Crippen LogP contribution in [0.15, 0.2) is 10.9 Å². The number of carbonyl (C=O) groups excluding carboxylic acids is 1. The molecule has 27 heavy (non-hydrogen) atoms. The molecule has 4 rings (SSSR count). The zero-order valence-electron chi connectivity index (χ0n) is 15.9. The number of piperidine rings is 1. The third kappa shape index (κ3) is 3.70. The maximum absolute atomic E-state index is 13.1. The minimum atomic E-state index is -0.382. The standard InChI is InChI=1S/C18H26N6O2S/c1-3-21-7-9-22(10-8-21)16(26)14-11-15(25)19-17-24(14)20-18(27-17)23-6-4-5-13(2)12-23/h11,13H,3-10,12H2,1-2H3. The average molecular weight is 391 g/mol. The van der Waals surface area contributed by atoms with Gasteiger partial charge in [0.05, 0.1) is 0 Å². The highest BCUT2D eigenvalue weighted by Crippen LogP contribution is 2.27. The van der Waals surface area contributed by atoms with E-state index in [2.05, 4.69) is 33.7 Å². The van der Waals surface area contributed by atoms with Crippen LogP contribution in [0, 0.1) is 5.92 Å². The van der Waals surface area contributed by atoms with Crippen LogP contribution < -0.4 is 10.5 Å². The van der Waals surface area contributed by atoms with Gasteiger partial charge in [-0.15, -0.1) is 5.10 Å². The molecule has 0 radical (unpaired) electrons. The Morgan fingerprint density at radius 2 is 2.04 bits per heavy atom. The monoisotopic (exact) mass is 390 g/mol. The second kappa shape index (κ2) is 7.55. The van der Waals surface area contributed by atoms with Crippen molar-refractivity contribution in [2.45, 2.75) is 26.7 Å². The van der Waals surface area contributed by atoms with Crippen molar-refractivity contribution in [2.24, 2.45) is 5.92 Å². The van der Waals surface area contributed by atoms with E-state index in [1.807, 2.05) is 4.90 Å². The summed E-state index contributed by atoms with van der Waals surface area (Å²) in [5, 5.41) is 5.50. The molecule has 1 amide bonds. The van der Waals surface area contributed by atoms with Gasteiger partial charge in [0.1, 0.15) is 5.69 Å². The van der Waals surface area contributed by atoms with Crippen molar-refractivity contribution < 1.29 is 4.79 Å². The molecule has 2 aliphatic rings. The molecule has 0 saturated carbocycles. The van der Waals surface area contributed by atoms with Crippen LogP contribution >= 0.6 is 11.3 Å². The van der Waals surface area contributed by atoms with Crippen molar-refractivity contribution in [1.29, 1.82) is 0 Å². The molecule has 0 aromatic carbocycles. The Morgan fingerprint density at radius 1 is 1.26 bits per heavy atom. The van der Waals surface area contributed by atoms with E-state index in [0.29, 0.717) is 29.7 Å². The number of rotatable bonds is 3. The van der Waals surface area contributed by atoms with Crippen LogP contribution in [0.1, 0.15) is 37.2 Å². The molecule has 0 spiro atoms. The lowest BCUT2D eigenvalue weighted by Gasteiger charge is -2.33. The van der Waals surface area contributed by atoms with E-state index >= 15 is 0 Å². The first kappa shape index (κ1) is 18.4. The molecule has 1 unspecified atom stereocenters. The first-order valence-corrected chi connectivity index (χ1v) is 10.5. The van der Waals surface area contributed by atoms with Crippen molar-refractivity contribution in [3.05, 3.63) is 22.1 Å². The van der Waals surface area contributed by atoms with Crippen LogP contribution in [0.25, 0.3) is 4.96 Å². The van der Waals surface area contributed by atoms with Crippen molar-refractivity contribution in [1.82, 2.24) is 24.4 Å². The fraction of sp³-hybridized carbons (Fsp3) is 0.667. The highest BCUT2D eigenvalue weighted by molar-refractivity contribution is 7.20. The van der Waals surface area contributed by atoms with Crippen LogP contribution in [-0.4, -0.2) is 76.1 Å². The normalized spacial score (nSPS) is 21.8. The minimum absolute atomic E-state index is 0.135. The number of anilines is 1. The van der Waals surface area contributed by atoms with E-state index in [0.717, 1.165) is 44.3 Å². The van der Waals surface area contributed by atoms with E-state index in [4.69, 9.17) is 0 Å². The summed E-state index contributed by atoms with van der Waals surface area (Å²) in [5.41, 5.74) is -0.0599. The third-order valence-corrected chi connectivity index (χ3v) is 6.47. The van der Waals surface area contributed by atoms with Gasteiger partial charge in [-0.2, -0.15) is 9.50 Å². The summed E-state index contributed by atoms with van der Waals surface area (Å²) in [6.07, 6.45) is 2.36. The van der Waals surface area contributed by atoms with Gasteiger partial charge in [-0.25, -0.2) is 0 Å². The maximum atomic E-state index is 13.1. The molecule has 9 heteroatoms. The van der Waals surface area contributed by atoms with Crippen molar-refractivity contribution in [3.8, 4) is 0 Å². The van der Waals surface area contributed by atoms with E-state index < -0.39 is 0 Å². The number of hydrogen-bond donors (Lipinski definition) is 0. The number of likely N-dealkylation sites (N-methyl/N-ethyl adjacent to an activating group) is 1. The molecule has 146 valence electrons. The van der Waals surface area contributed by atoms with Gasteiger partial charge in [0.2, 0.25) is 10.1 Å². The zero-order valence-corrected chi connectivity index (χ0v) is 16.7. The second-order valence-electron chi connectivity index (χ2n) is 7.48. The summed E-state index contributed by atoms with van der Waals surface area (Å²) >= 11 is 1.39. The third-order valence-electron chi connectivity index (χ3n) is 5.50. The van der Waals surface area contributed by atoms with Gasteiger partial charge in [-0.3, -0.25) is 9.59 Å². The summed E-state index contributed by atoms with van der Waals surface area (Å²) in [6, 6.07) is 1.32. The summed E-state index contributed by atoms with van der Waals surface area (Å²) in [4.78, 5) is 36.1. The lowest BCUT2D eigenvalue weighted by atomic mass is 10.0. The Bertz CT molecular complexity index is 886. The summed E-state index contributed by atoms with van der Waals surface area (Å²) < 4.78 is 1.56. The first-order chi connectivity index (χ1) is 13.0. The predicted octanol–water partition coefficient (Wildman–Crippen LogP) is 1.17. The van der Waals surface area contributed by atoms with Gasteiger partial charge in [-0.05, 0) is 25.3 Å². The molecule has 0 aliphatic carbocycles. The van der Waals surface area contributed by atoms with E-state index in [1.54, 1.807) is 4.52 Å². The number of carbonyl (C=O) groups is 1. The molecule has 8 nitrogen and oxygen atoms in total. The minimum Gasteiger partial charge on any atom is -0.346 e. The van der Waals surface area contributed by atoms with Crippen molar-refractivity contribution in [3.63, 3.8) is 0 Å². The summed E-state index contributed by atoms with van der Waals surface area (Å²) in [5.74, 6) is 0.485. The van der Waals surface area contributed by atoms with Gasteiger partial charge in [0.25, 0.3) is 11.5 Å². The Balaban J connectivity index is 1.64. The van der Waals surface area contributed by atoms with Crippen LogP contribution in [-0.2, 0) is 0 Å². The topological polar surface area (TPSA) is 74.1 Å². The fourth-order valence-electron chi connectivity index (χ4n) is 3.88. The molecular formula is C18H26N6O2S. The molecule has 2 aliphatic heterocycles. The van der Waals surface area contributed by atoms with E-state index in [1.165, 1.54) is 23.8 Å². The molecule has 2 fully saturated rings. The SMILES string of the molecule is CCN1CCN(C(=O)c2cc(=O)nc3sc(N4CCCC(C)C4)nn23)CC1. The van der Waals surface area contributed by atoms with Gasteiger partial charge < -0.3 is 14.7 Å². The lowest BCUT2D eigenvalue weighted by molar-refractivity contribution is 0.0634. The molecule has 2 aromatic rings. The average Bonchev–Trinajstić information content (AvgIpc) is 3.11. The number of piperazine rings is 1. The fourth-order valence-corrected chi connectivity index (χ4v) is 4.82. The number of hydrogen-bond acceptors (Lipinski definition) is 7. The first-order valence-electron chi connectivity index (χ1n) is 9.72. The van der Waals surface area contributed by atoms with E-state index in [-0.39, 0.29) is 11.5 Å². The van der Waals surface area contributed by atoms with Gasteiger partial charge in [0.15, 0.2) is 0 Å². The molecule has 2 saturated heterocycles. The van der Waals surface area contributed by atoms with Crippen LogP contribution in [0.5, 0.6) is 0 Å². The molecular weight excluding hydrogens is 364 g/mol. The quantitative estimate of drug-likeness (QED) is 0.783. The van der Waals surface area contributed by atoms with Crippen LogP contribution in [0.4, 0.5) is 5.13 Å². The highest BCUT2D eigenvalue weighted by atomic mass is 32.1. The molecule has 0 N–H and O–H groups in total. The van der Waals surface area contributed by atoms with Gasteiger partial charge in [0, 0.05) is 45.3 Å². The molecule has 1 atom stereocenters. The molecule has 4 heterocycles. The van der Waals surface area contributed by atoms with E-state index in [9.17, 15) is 9.59 Å². The molecule has 2 aromatic heterocycles.